The van der Waals surface area contributed by atoms with Crippen LogP contribution in [0.15, 0.2) is 33.5 Å². The number of carboxylic acids is 1. The smallest absolute Gasteiger partial charge is 0.336 e. The Hall–Kier alpha value is -2.83. The van der Waals surface area contributed by atoms with E-state index in [-0.39, 0.29) is 18.9 Å². The average Bonchev–Trinajstić information content (AvgIpc) is 2.58. The summed E-state index contributed by atoms with van der Waals surface area (Å²) in [5, 5.41) is 12.1. The van der Waals surface area contributed by atoms with Crippen molar-refractivity contribution in [3.05, 3.63) is 40.2 Å². The van der Waals surface area contributed by atoms with Gasteiger partial charge >= 0.3 is 11.6 Å². The second kappa shape index (κ2) is 9.03. The molecule has 0 bridgehead atoms. The van der Waals surface area contributed by atoms with E-state index in [1.54, 1.807) is 19.1 Å². The first kappa shape index (κ1) is 19.5. The van der Waals surface area contributed by atoms with Crippen LogP contribution in [0, 0.1) is 0 Å². The molecule has 0 aliphatic rings. The summed E-state index contributed by atoms with van der Waals surface area (Å²) >= 11 is 0. The van der Waals surface area contributed by atoms with Crippen LogP contribution in [0.25, 0.3) is 11.0 Å². The maximum atomic E-state index is 12.0. The lowest BCUT2D eigenvalue weighted by Gasteiger charge is -2.15. The van der Waals surface area contributed by atoms with E-state index >= 15 is 0 Å². The Morgan fingerprint density at radius 2 is 2.08 bits per heavy atom. The molecule has 1 heterocycles. The summed E-state index contributed by atoms with van der Waals surface area (Å²) in [6, 6.07) is 6.65. The van der Waals surface area contributed by atoms with Gasteiger partial charge < -0.3 is 19.6 Å². The summed E-state index contributed by atoms with van der Waals surface area (Å²) in [7, 11) is 0. The fourth-order valence-corrected chi connectivity index (χ4v) is 2.61. The van der Waals surface area contributed by atoms with Crippen molar-refractivity contribution >= 4 is 22.8 Å². The van der Waals surface area contributed by atoms with Crippen molar-refractivity contribution in [2.45, 2.75) is 45.6 Å². The number of aryl methyl sites for hydroxylation is 1. The van der Waals surface area contributed by atoms with Crippen molar-refractivity contribution in [2.75, 3.05) is 6.54 Å². The monoisotopic (exact) mass is 361 g/mol. The van der Waals surface area contributed by atoms with Crippen molar-refractivity contribution < 1.29 is 23.8 Å². The fourth-order valence-electron chi connectivity index (χ4n) is 2.61. The molecule has 26 heavy (non-hydrogen) atoms. The molecule has 140 valence electrons. The van der Waals surface area contributed by atoms with E-state index in [2.05, 4.69) is 5.32 Å². The Morgan fingerprint density at radius 1 is 1.31 bits per heavy atom. The lowest BCUT2D eigenvalue weighted by atomic mass is 10.1. The predicted octanol–water partition coefficient (Wildman–Crippen LogP) is 2.49. The molecule has 2 N–H and O–H groups in total. The maximum absolute atomic E-state index is 12.0. The predicted molar refractivity (Wildman–Crippen MR) is 96.4 cm³/mol. The normalized spacial score (nSPS) is 11.9. The first-order valence-electron chi connectivity index (χ1n) is 8.63. The van der Waals surface area contributed by atoms with Gasteiger partial charge in [-0.1, -0.05) is 13.3 Å². The second-order valence-electron chi connectivity index (χ2n) is 6.05. The lowest BCUT2D eigenvalue weighted by molar-refractivity contribution is -0.137. The van der Waals surface area contributed by atoms with Crippen molar-refractivity contribution in [3.63, 3.8) is 0 Å². The molecule has 7 heteroatoms. The van der Waals surface area contributed by atoms with Crippen LogP contribution in [0.1, 0.15) is 38.7 Å². The molecule has 0 radical (unpaired) electrons. The summed E-state index contributed by atoms with van der Waals surface area (Å²) in [6.45, 7) is 3.90. The quantitative estimate of drug-likeness (QED) is 0.525. The Labute approximate surface area is 151 Å². The van der Waals surface area contributed by atoms with Gasteiger partial charge in [-0.05, 0) is 37.5 Å². The van der Waals surface area contributed by atoms with E-state index in [0.29, 0.717) is 17.8 Å². The minimum absolute atomic E-state index is 0.000676. The maximum Gasteiger partial charge on any atom is 0.336 e. The van der Waals surface area contributed by atoms with Crippen molar-refractivity contribution in [3.8, 4) is 5.75 Å². The van der Waals surface area contributed by atoms with Gasteiger partial charge in [-0.15, -0.1) is 0 Å². The Balaban J connectivity index is 2.04. The van der Waals surface area contributed by atoms with Gasteiger partial charge in [0.2, 0.25) is 0 Å². The SMILES string of the molecule is CCCc1cc(=O)oc2cc(OC(C)C(=O)NCCCC(=O)O)ccc12. The van der Waals surface area contributed by atoms with Crippen LogP contribution >= 0.6 is 0 Å². The third-order valence-electron chi connectivity index (χ3n) is 3.87. The number of rotatable bonds is 9. The zero-order valence-electron chi connectivity index (χ0n) is 14.9. The summed E-state index contributed by atoms with van der Waals surface area (Å²) < 4.78 is 10.9. The molecule has 0 fully saturated rings. The van der Waals surface area contributed by atoms with Gasteiger partial charge in [-0.2, -0.15) is 0 Å². The molecule has 7 nitrogen and oxygen atoms in total. The largest absolute Gasteiger partial charge is 0.481 e. The summed E-state index contributed by atoms with van der Waals surface area (Å²) in [4.78, 5) is 34.1. The van der Waals surface area contributed by atoms with Gasteiger partial charge in [0.15, 0.2) is 6.10 Å². The Kier molecular flexibility index (Phi) is 6.77. The van der Waals surface area contributed by atoms with Crippen molar-refractivity contribution in [1.29, 1.82) is 0 Å². The van der Waals surface area contributed by atoms with Gasteiger partial charge in [-0.3, -0.25) is 9.59 Å². The number of ether oxygens (including phenoxy) is 1. The highest BCUT2D eigenvalue weighted by atomic mass is 16.5. The van der Waals surface area contributed by atoms with E-state index in [1.165, 1.54) is 6.07 Å². The number of carbonyl (C=O) groups is 2. The molecular weight excluding hydrogens is 338 g/mol. The van der Waals surface area contributed by atoms with Crippen LogP contribution in [-0.4, -0.2) is 29.6 Å². The van der Waals surface area contributed by atoms with Gasteiger partial charge in [0.1, 0.15) is 11.3 Å². The number of nitrogens with one attached hydrogen (secondary N) is 1. The third kappa shape index (κ3) is 5.34. The van der Waals surface area contributed by atoms with E-state index < -0.39 is 17.7 Å². The molecule has 0 aliphatic heterocycles. The van der Waals surface area contributed by atoms with Crippen LogP contribution in [-0.2, 0) is 16.0 Å². The van der Waals surface area contributed by atoms with E-state index in [1.807, 2.05) is 13.0 Å². The Bertz CT molecular complexity index is 842. The molecule has 0 aliphatic carbocycles. The van der Waals surface area contributed by atoms with E-state index in [0.717, 1.165) is 23.8 Å². The molecule has 2 aromatic rings. The third-order valence-corrected chi connectivity index (χ3v) is 3.87. The number of hydrogen-bond acceptors (Lipinski definition) is 5. The Morgan fingerprint density at radius 3 is 2.77 bits per heavy atom. The molecule has 0 saturated carbocycles. The van der Waals surface area contributed by atoms with Crippen LogP contribution < -0.4 is 15.7 Å². The molecule has 0 spiro atoms. The molecule has 1 unspecified atom stereocenters. The van der Waals surface area contributed by atoms with Crippen molar-refractivity contribution in [2.24, 2.45) is 0 Å². The topological polar surface area (TPSA) is 106 Å². The first-order chi connectivity index (χ1) is 12.4. The number of fused-ring (bicyclic) bond motifs is 1. The van der Waals surface area contributed by atoms with Gasteiger partial charge in [-0.25, -0.2) is 4.79 Å². The molecule has 1 aromatic heterocycles. The summed E-state index contributed by atoms with van der Waals surface area (Å²) in [5.41, 5.74) is 0.935. The first-order valence-corrected chi connectivity index (χ1v) is 8.63. The molecule has 1 aromatic carbocycles. The average molecular weight is 361 g/mol. The van der Waals surface area contributed by atoms with Gasteiger partial charge in [0.05, 0.1) is 0 Å². The molecule has 0 saturated heterocycles. The zero-order chi connectivity index (χ0) is 19.1. The van der Waals surface area contributed by atoms with Crippen LogP contribution in [0.2, 0.25) is 0 Å². The van der Waals surface area contributed by atoms with Crippen LogP contribution in [0.3, 0.4) is 0 Å². The highest BCUT2D eigenvalue weighted by Crippen LogP contribution is 2.24. The summed E-state index contributed by atoms with van der Waals surface area (Å²) in [5.74, 6) is -0.817. The van der Waals surface area contributed by atoms with Gasteiger partial charge in [0, 0.05) is 30.5 Å². The number of carbonyl (C=O) groups excluding carboxylic acids is 1. The highest BCUT2D eigenvalue weighted by Gasteiger charge is 2.15. The lowest BCUT2D eigenvalue weighted by Crippen LogP contribution is -2.36. The number of hydrogen-bond donors (Lipinski definition) is 2. The fraction of sp³-hybridized carbons (Fsp3) is 0.421. The minimum atomic E-state index is -0.899. The number of aliphatic carboxylic acids is 1. The highest BCUT2D eigenvalue weighted by molar-refractivity contribution is 5.83. The standard InChI is InChI=1S/C19H23NO6/c1-3-5-13-10-18(23)26-16-11-14(7-8-15(13)16)25-12(2)19(24)20-9-4-6-17(21)22/h7-8,10-12H,3-6,9H2,1-2H3,(H,20,24)(H,21,22). The van der Waals surface area contributed by atoms with E-state index in [9.17, 15) is 14.4 Å². The van der Waals surface area contributed by atoms with Crippen LogP contribution in [0.5, 0.6) is 5.75 Å². The number of benzene rings is 1. The molecular formula is C19H23NO6. The number of carboxylic acid groups (broad SMARTS) is 1. The molecule has 2 rings (SSSR count). The van der Waals surface area contributed by atoms with Gasteiger partial charge in [0.25, 0.3) is 5.91 Å². The number of amides is 1. The molecule has 1 amide bonds. The minimum Gasteiger partial charge on any atom is -0.481 e. The van der Waals surface area contributed by atoms with Crippen molar-refractivity contribution in [1.82, 2.24) is 5.32 Å². The van der Waals surface area contributed by atoms with E-state index in [4.69, 9.17) is 14.3 Å². The van der Waals surface area contributed by atoms with Crippen LogP contribution in [0.4, 0.5) is 0 Å². The second-order valence-corrected chi connectivity index (χ2v) is 6.05. The summed E-state index contributed by atoms with van der Waals surface area (Å²) in [6.07, 6.45) is 1.28. The molecule has 1 atom stereocenters. The zero-order valence-corrected chi connectivity index (χ0v) is 14.9.